The number of rotatable bonds is 4. The minimum atomic E-state index is -3.64. The summed E-state index contributed by atoms with van der Waals surface area (Å²) in [5.74, 6) is 0. The molecule has 2 aromatic rings. The molecule has 0 saturated heterocycles. The highest BCUT2D eigenvalue weighted by Gasteiger charge is 2.20. The van der Waals surface area contributed by atoms with E-state index in [9.17, 15) is 8.42 Å². The maximum absolute atomic E-state index is 12.3. The maximum atomic E-state index is 12.3. The molecule has 0 unspecified atom stereocenters. The fraction of sp³-hybridized carbons (Fsp3) is 0.250. The lowest BCUT2D eigenvalue weighted by Crippen LogP contribution is -2.14. The molecule has 1 N–H and O–H groups in total. The quantitative estimate of drug-likeness (QED) is 0.944. The first kappa shape index (κ1) is 13.9. The van der Waals surface area contributed by atoms with E-state index in [4.69, 9.17) is 11.6 Å². The van der Waals surface area contributed by atoms with Crippen LogP contribution >= 0.6 is 11.6 Å². The molecule has 0 bridgehead atoms. The zero-order valence-corrected chi connectivity index (χ0v) is 12.2. The summed E-state index contributed by atoms with van der Waals surface area (Å²) in [6, 6.07) is 6.56. The maximum Gasteiger partial charge on any atom is 0.265 e. The van der Waals surface area contributed by atoms with Crippen molar-refractivity contribution in [2.75, 3.05) is 4.72 Å². The van der Waals surface area contributed by atoms with Crippen molar-refractivity contribution < 1.29 is 8.42 Å². The molecule has 1 heterocycles. The topological polar surface area (TPSA) is 64.0 Å². The normalized spacial score (nSPS) is 11.5. The number of aryl methyl sites for hydroxylation is 1. The minimum Gasteiger partial charge on any atom is -0.279 e. The summed E-state index contributed by atoms with van der Waals surface area (Å²) in [4.78, 5) is 0.175. The Morgan fingerprint density at radius 3 is 2.74 bits per heavy atom. The van der Waals surface area contributed by atoms with Crippen LogP contribution in [0.4, 0.5) is 5.69 Å². The lowest BCUT2D eigenvalue weighted by atomic mass is 10.3. The Morgan fingerprint density at radius 1 is 1.42 bits per heavy atom. The molecule has 2 rings (SSSR count). The lowest BCUT2D eigenvalue weighted by molar-refractivity contribution is 0.598. The van der Waals surface area contributed by atoms with Gasteiger partial charge in [-0.1, -0.05) is 17.7 Å². The summed E-state index contributed by atoms with van der Waals surface area (Å²) in [6.45, 7) is 4.25. The van der Waals surface area contributed by atoms with Gasteiger partial charge in [0.1, 0.15) is 4.90 Å². The van der Waals surface area contributed by atoms with Gasteiger partial charge in [-0.3, -0.25) is 9.40 Å². The van der Waals surface area contributed by atoms with E-state index < -0.39 is 10.0 Å². The van der Waals surface area contributed by atoms with Gasteiger partial charge in [0.05, 0.1) is 17.6 Å². The number of nitrogens with zero attached hydrogens (tertiary/aromatic N) is 2. The Labute approximate surface area is 117 Å². The van der Waals surface area contributed by atoms with E-state index in [1.54, 1.807) is 35.9 Å². The third-order valence-electron chi connectivity index (χ3n) is 2.72. The van der Waals surface area contributed by atoms with E-state index in [-0.39, 0.29) is 4.90 Å². The monoisotopic (exact) mass is 299 g/mol. The van der Waals surface area contributed by atoms with Gasteiger partial charge in [0.2, 0.25) is 0 Å². The van der Waals surface area contributed by atoms with Crippen molar-refractivity contribution in [2.45, 2.75) is 25.3 Å². The van der Waals surface area contributed by atoms with E-state index in [0.717, 1.165) is 0 Å². The number of halogens is 1. The van der Waals surface area contributed by atoms with Crippen molar-refractivity contribution in [1.82, 2.24) is 9.78 Å². The van der Waals surface area contributed by atoms with E-state index in [1.807, 2.05) is 6.92 Å². The summed E-state index contributed by atoms with van der Waals surface area (Å²) in [6.07, 6.45) is 1.35. The van der Waals surface area contributed by atoms with Crippen molar-refractivity contribution in [3.63, 3.8) is 0 Å². The first-order chi connectivity index (χ1) is 8.94. The molecular formula is C12H14ClN3O2S. The zero-order valence-electron chi connectivity index (χ0n) is 10.6. The van der Waals surface area contributed by atoms with E-state index in [1.165, 1.54) is 6.20 Å². The SMILES string of the molecule is CCn1ncc(S(=O)(=O)Nc2cccc(Cl)c2)c1C. The molecule has 0 aliphatic rings. The van der Waals surface area contributed by atoms with Gasteiger partial charge in [0.25, 0.3) is 10.0 Å². The molecule has 0 atom stereocenters. The van der Waals surface area contributed by atoms with E-state index in [0.29, 0.717) is 22.9 Å². The van der Waals surface area contributed by atoms with Gasteiger partial charge >= 0.3 is 0 Å². The largest absolute Gasteiger partial charge is 0.279 e. The molecule has 0 amide bonds. The van der Waals surface area contributed by atoms with Gasteiger partial charge in [-0.15, -0.1) is 0 Å². The summed E-state index contributed by atoms with van der Waals surface area (Å²) in [5, 5.41) is 4.50. The molecule has 7 heteroatoms. The Bertz CT molecular complexity index is 695. The van der Waals surface area contributed by atoms with Crippen LogP contribution in [-0.2, 0) is 16.6 Å². The van der Waals surface area contributed by atoms with Crippen LogP contribution in [0.2, 0.25) is 5.02 Å². The molecular weight excluding hydrogens is 286 g/mol. The van der Waals surface area contributed by atoms with Crippen LogP contribution in [0.25, 0.3) is 0 Å². The number of anilines is 1. The highest BCUT2D eigenvalue weighted by atomic mass is 35.5. The van der Waals surface area contributed by atoms with Gasteiger partial charge in [-0.05, 0) is 32.0 Å². The molecule has 19 heavy (non-hydrogen) atoms. The lowest BCUT2D eigenvalue weighted by Gasteiger charge is -2.08. The first-order valence-corrected chi connectivity index (χ1v) is 7.61. The highest BCUT2D eigenvalue weighted by Crippen LogP contribution is 2.21. The molecule has 102 valence electrons. The summed E-state index contributed by atoms with van der Waals surface area (Å²) >= 11 is 5.83. The number of hydrogen-bond donors (Lipinski definition) is 1. The third-order valence-corrected chi connectivity index (χ3v) is 4.44. The van der Waals surface area contributed by atoms with Crippen LogP contribution in [0, 0.1) is 6.92 Å². The third kappa shape index (κ3) is 2.90. The Balaban J connectivity index is 2.35. The molecule has 0 radical (unpaired) electrons. The molecule has 1 aromatic heterocycles. The molecule has 0 fully saturated rings. The van der Waals surface area contributed by atoms with Crippen molar-refractivity contribution in [3.05, 3.63) is 41.2 Å². The van der Waals surface area contributed by atoms with Crippen molar-refractivity contribution in [3.8, 4) is 0 Å². The first-order valence-electron chi connectivity index (χ1n) is 5.75. The second-order valence-electron chi connectivity index (χ2n) is 4.03. The smallest absolute Gasteiger partial charge is 0.265 e. The summed E-state index contributed by atoms with van der Waals surface area (Å²) in [5.41, 5.74) is 1.04. The average Bonchev–Trinajstić information content (AvgIpc) is 2.70. The second-order valence-corrected chi connectivity index (χ2v) is 6.11. The Kier molecular flexibility index (Phi) is 3.82. The molecule has 0 aliphatic heterocycles. The van der Waals surface area contributed by atoms with Gasteiger partial charge in [-0.25, -0.2) is 8.42 Å². The molecule has 1 aromatic carbocycles. The minimum absolute atomic E-state index is 0.175. The van der Waals surface area contributed by atoms with Crippen LogP contribution in [-0.4, -0.2) is 18.2 Å². The molecule has 0 aliphatic carbocycles. The Hall–Kier alpha value is -1.53. The van der Waals surface area contributed by atoms with Gasteiger partial charge in [0, 0.05) is 11.6 Å². The summed E-state index contributed by atoms with van der Waals surface area (Å²) < 4.78 is 28.6. The number of sulfonamides is 1. The zero-order chi connectivity index (χ0) is 14.0. The van der Waals surface area contributed by atoms with Gasteiger partial charge < -0.3 is 0 Å². The van der Waals surface area contributed by atoms with E-state index in [2.05, 4.69) is 9.82 Å². The number of nitrogens with one attached hydrogen (secondary N) is 1. The van der Waals surface area contributed by atoms with Crippen LogP contribution in [0.5, 0.6) is 0 Å². The number of benzene rings is 1. The summed E-state index contributed by atoms with van der Waals surface area (Å²) in [7, 11) is -3.64. The van der Waals surface area contributed by atoms with Crippen LogP contribution < -0.4 is 4.72 Å². The average molecular weight is 300 g/mol. The van der Waals surface area contributed by atoms with Crippen LogP contribution in [0.3, 0.4) is 0 Å². The van der Waals surface area contributed by atoms with E-state index >= 15 is 0 Å². The fourth-order valence-corrected chi connectivity index (χ4v) is 3.19. The van der Waals surface area contributed by atoms with Gasteiger partial charge in [0.15, 0.2) is 0 Å². The van der Waals surface area contributed by atoms with Gasteiger partial charge in [-0.2, -0.15) is 5.10 Å². The number of aromatic nitrogens is 2. The standard InChI is InChI=1S/C12H14ClN3O2S/c1-3-16-9(2)12(8-14-16)19(17,18)15-11-6-4-5-10(13)7-11/h4-8,15H,3H2,1-2H3. The van der Waals surface area contributed by atoms with Crippen molar-refractivity contribution in [2.24, 2.45) is 0 Å². The predicted octanol–water partition coefficient (Wildman–Crippen LogP) is 2.67. The van der Waals surface area contributed by atoms with Crippen LogP contribution in [0.1, 0.15) is 12.6 Å². The highest BCUT2D eigenvalue weighted by molar-refractivity contribution is 7.92. The predicted molar refractivity (Wildman–Crippen MR) is 74.9 cm³/mol. The van der Waals surface area contributed by atoms with Crippen molar-refractivity contribution in [1.29, 1.82) is 0 Å². The number of hydrogen-bond acceptors (Lipinski definition) is 3. The second kappa shape index (κ2) is 5.22. The van der Waals surface area contributed by atoms with Crippen molar-refractivity contribution >= 4 is 27.3 Å². The molecule has 5 nitrogen and oxygen atoms in total. The molecule has 0 saturated carbocycles. The van der Waals surface area contributed by atoms with Crippen LogP contribution in [0.15, 0.2) is 35.4 Å². The Morgan fingerprint density at radius 2 is 2.16 bits per heavy atom. The fourth-order valence-electron chi connectivity index (χ4n) is 1.77. The molecule has 0 spiro atoms.